The third kappa shape index (κ3) is 14.1. The van der Waals surface area contributed by atoms with Gasteiger partial charge >= 0.3 is 17.9 Å². The molecule has 1 aliphatic rings. The quantitative estimate of drug-likeness (QED) is 0.160. The number of esters is 2. The number of carboxylic acid groups (broad SMARTS) is 1. The maximum absolute atomic E-state index is 13.5. The van der Waals surface area contributed by atoms with Crippen molar-refractivity contribution in [3.63, 3.8) is 0 Å². The van der Waals surface area contributed by atoms with Crippen molar-refractivity contribution >= 4 is 23.7 Å². The van der Waals surface area contributed by atoms with Crippen LogP contribution in [0.4, 0.5) is 0 Å². The van der Waals surface area contributed by atoms with Crippen molar-refractivity contribution in [2.24, 2.45) is 29.6 Å². The Morgan fingerprint density at radius 3 is 2.24 bits per heavy atom. The molecule has 0 fully saturated rings. The molecule has 0 amide bonds. The number of Topliss-reactive ketones (excluding diaryl/α,β-unsaturated/α-hetero) is 1. The number of methoxy groups -OCH3 is 2. The molecule has 1 aliphatic heterocycles. The van der Waals surface area contributed by atoms with Gasteiger partial charge in [-0.05, 0) is 39.2 Å². The molecule has 0 radical (unpaired) electrons. The third-order valence-corrected chi connectivity index (χ3v) is 9.05. The summed E-state index contributed by atoms with van der Waals surface area (Å²) < 4.78 is 22.3. The maximum Gasteiger partial charge on any atom is 0.373 e. The molecule has 0 aromatic carbocycles. The van der Waals surface area contributed by atoms with Gasteiger partial charge in [0.2, 0.25) is 5.76 Å². The number of allylic oxidation sites excluding steroid dienone is 5. The molecule has 0 aromatic heterocycles. The minimum absolute atomic E-state index is 0.0551. The van der Waals surface area contributed by atoms with E-state index in [2.05, 4.69) is 0 Å². The van der Waals surface area contributed by atoms with Crippen molar-refractivity contribution in [3.8, 4) is 0 Å². The topological polar surface area (TPSA) is 186 Å². The lowest BCUT2D eigenvalue weighted by molar-refractivity contribution is -0.162. The summed E-state index contributed by atoms with van der Waals surface area (Å²) in [5.74, 6) is -6.71. The Labute approximate surface area is 290 Å². The normalized spacial score (nSPS) is 30.4. The van der Waals surface area contributed by atoms with Crippen LogP contribution < -0.4 is 0 Å². The van der Waals surface area contributed by atoms with E-state index in [1.165, 1.54) is 34.1 Å². The van der Waals surface area contributed by atoms with Gasteiger partial charge in [0.1, 0.15) is 24.1 Å². The summed E-state index contributed by atoms with van der Waals surface area (Å²) >= 11 is 0. The minimum Gasteiger partial charge on any atom is -0.490 e. The van der Waals surface area contributed by atoms with Gasteiger partial charge in [0.25, 0.3) is 0 Å². The van der Waals surface area contributed by atoms with E-state index in [0.29, 0.717) is 24.1 Å². The van der Waals surface area contributed by atoms with E-state index in [9.17, 15) is 34.5 Å². The summed E-state index contributed by atoms with van der Waals surface area (Å²) in [6.07, 6.45) is 4.15. The Kier molecular flexibility index (Phi) is 18.5. The molecule has 12 nitrogen and oxygen atoms in total. The van der Waals surface area contributed by atoms with Gasteiger partial charge in [-0.1, -0.05) is 70.1 Å². The number of rotatable bonds is 13. The average molecular weight is 693 g/mol. The summed E-state index contributed by atoms with van der Waals surface area (Å²) in [4.78, 5) is 50.0. The summed E-state index contributed by atoms with van der Waals surface area (Å²) in [6, 6.07) is 0. The van der Waals surface area contributed by atoms with Crippen LogP contribution in [0.2, 0.25) is 0 Å². The fraction of sp³-hybridized carbons (Fsp3) is 0.622. The van der Waals surface area contributed by atoms with Gasteiger partial charge in [0, 0.05) is 49.4 Å². The first-order chi connectivity index (χ1) is 22.8. The number of hydrogen-bond donors (Lipinski definition) is 4. The van der Waals surface area contributed by atoms with Crippen molar-refractivity contribution in [2.75, 3.05) is 14.2 Å². The second-order valence-electron chi connectivity index (χ2n) is 13.2. The molecule has 0 bridgehead atoms. The zero-order chi connectivity index (χ0) is 37.6. The van der Waals surface area contributed by atoms with Crippen LogP contribution in [0.5, 0.6) is 0 Å². The second kappa shape index (κ2) is 20.8. The summed E-state index contributed by atoms with van der Waals surface area (Å²) in [7, 11) is 2.75. The van der Waals surface area contributed by atoms with Gasteiger partial charge < -0.3 is 39.4 Å². The minimum atomic E-state index is -1.37. The SMILES string of the molecule is CO/C1=C/C(C)=C/C(C)C(O)C(C)C/C(C)=C/C=C/C(OC)C(C(C)C(O)C(C)C(=O)CC(OC(=O)/C=C/C(=O)O)C(C)C(C)O)OC1=O. The predicted octanol–water partition coefficient (Wildman–Crippen LogP) is 4.09. The Hall–Kier alpha value is -3.58. The van der Waals surface area contributed by atoms with Crippen LogP contribution in [0, 0.1) is 29.6 Å². The number of aliphatic hydroxyl groups is 3. The standard InChI is InChI=1S/C37H56O12/c1-20-12-11-13-29(46-9)36(49-37(45)31(47-10)18-21(2)17-23(4)34(43)22(3)16-20)26(7)35(44)25(6)28(39)19-30(24(5)27(8)38)48-33(42)15-14-32(40)41/h11-15,17-18,22-27,29-30,34-36,38,43-44H,16,19H2,1-10H3,(H,40,41)/b13-11+,15-14+,20-12+,21-17+,31-18+. The number of carbonyl (C=O) groups excluding carboxylic acids is 3. The van der Waals surface area contributed by atoms with Crippen molar-refractivity contribution in [2.45, 2.75) is 105 Å². The highest BCUT2D eigenvalue weighted by atomic mass is 16.6. The van der Waals surface area contributed by atoms with E-state index in [1.807, 2.05) is 32.9 Å². The fourth-order valence-corrected chi connectivity index (χ4v) is 5.69. The number of cyclic esters (lactones) is 1. The number of carboxylic acids is 1. The van der Waals surface area contributed by atoms with Gasteiger partial charge in [-0.25, -0.2) is 14.4 Å². The molecule has 4 N–H and O–H groups in total. The highest BCUT2D eigenvalue weighted by Crippen LogP contribution is 2.28. The first-order valence-electron chi connectivity index (χ1n) is 16.5. The molecule has 12 heteroatoms. The highest BCUT2D eigenvalue weighted by Gasteiger charge is 2.39. The van der Waals surface area contributed by atoms with Crippen LogP contribution in [0.15, 0.2) is 59.4 Å². The number of ketones is 1. The maximum atomic E-state index is 13.5. The largest absolute Gasteiger partial charge is 0.490 e. The zero-order valence-corrected chi connectivity index (χ0v) is 30.4. The van der Waals surface area contributed by atoms with E-state index in [4.69, 9.17) is 24.1 Å². The van der Waals surface area contributed by atoms with E-state index in [0.717, 1.165) is 5.57 Å². The molecule has 0 aromatic rings. The number of hydrogen-bond acceptors (Lipinski definition) is 11. The smallest absolute Gasteiger partial charge is 0.373 e. The molecule has 11 atom stereocenters. The van der Waals surface area contributed by atoms with Crippen molar-refractivity contribution < 1.29 is 58.6 Å². The second-order valence-corrected chi connectivity index (χ2v) is 13.2. The first kappa shape index (κ1) is 43.4. The molecule has 1 heterocycles. The summed E-state index contributed by atoms with van der Waals surface area (Å²) in [6.45, 7) is 13.7. The monoisotopic (exact) mass is 692 g/mol. The lowest BCUT2D eigenvalue weighted by Gasteiger charge is -2.34. The molecular weight excluding hydrogens is 636 g/mol. The van der Waals surface area contributed by atoms with Gasteiger partial charge in [-0.15, -0.1) is 0 Å². The predicted molar refractivity (Wildman–Crippen MR) is 183 cm³/mol. The first-order valence-corrected chi connectivity index (χ1v) is 16.5. The van der Waals surface area contributed by atoms with Crippen molar-refractivity contribution in [3.05, 3.63) is 59.4 Å². The number of carbonyl (C=O) groups is 4. The highest BCUT2D eigenvalue weighted by molar-refractivity contribution is 5.91. The Balaban J connectivity index is 3.49. The molecule has 0 saturated carbocycles. The molecular formula is C37H56O12. The van der Waals surface area contributed by atoms with Crippen LogP contribution in [-0.2, 0) is 38.1 Å². The van der Waals surface area contributed by atoms with Crippen LogP contribution in [0.3, 0.4) is 0 Å². The Morgan fingerprint density at radius 1 is 1.06 bits per heavy atom. The lowest BCUT2D eigenvalue weighted by atomic mass is 9.82. The van der Waals surface area contributed by atoms with Crippen molar-refractivity contribution in [1.29, 1.82) is 0 Å². The summed E-state index contributed by atoms with van der Waals surface area (Å²) in [5.41, 5.74) is 1.67. The molecule has 0 aliphatic carbocycles. The number of aliphatic carboxylic acids is 1. The number of ether oxygens (including phenoxy) is 4. The van der Waals surface area contributed by atoms with Gasteiger partial charge in [-0.2, -0.15) is 0 Å². The molecule has 11 unspecified atom stereocenters. The molecule has 1 rings (SSSR count). The van der Waals surface area contributed by atoms with Crippen LogP contribution in [0.25, 0.3) is 0 Å². The van der Waals surface area contributed by atoms with E-state index < -0.39 is 78.1 Å². The van der Waals surface area contributed by atoms with E-state index in [1.54, 1.807) is 32.9 Å². The summed E-state index contributed by atoms with van der Waals surface area (Å²) in [5, 5.41) is 41.4. The molecule has 0 spiro atoms. The van der Waals surface area contributed by atoms with Crippen LogP contribution in [0.1, 0.15) is 68.2 Å². The van der Waals surface area contributed by atoms with Crippen molar-refractivity contribution in [1.82, 2.24) is 0 Å². The van der Waals surface area contributed by atoms with E-state index >= 15 is 0 Å². The van der Waals surface area contributed by atoms with E-state index in [-0.39, 0.29) is 24.0 Å². The van der Waals surface area contributed by atoms with Gasteiger partial charge in [0.05, 0.1) is 25.4 Å². The lowest BCUT2D eigenvalue weighted by Crippen LogP contribution is -2.46. The molecule has 49 heavy (non-hydrogen) atoms. The van der Waals surface area contributed by atoms with Gasteiger partial charge in [0.15, 0.2) is 0 Å². The average Bonchev–Trinajstić information content (AvgIpc) is 3.04. The Morgan fingerprint density at radius 2 is 1.69 bits per heavy atom. The number of aliphatic hydroxyl groups excluding tert-OH is 3. The molecule has 0 saturated heterocycles. The van der Waals surface area contributed by atoms with Gasteiger partial charge in [-0.3, -0.25) is 4.79 Å². The van der Waals surface area contributed by atoms with Crippen LogP contribution in [-0.4, -0.2) is 95.0 Å². The molecule has 276 valence electrons. The zero-order valence-electron chi connectivity index (χ0n) is 30.4. The third-order valence-electron chi connectivity index (χ3n) is 9.05. The fourth-order valence-electron chi connectivity index (χ4n) is 5.69. The van der Waals surface area contributed by atoms with Crippen LogP contribution >= 0.6 is 0 Å². The Bertz CT molecular complexity index is 1280.